The van der Waals surface area contributed by atoms with Gasteiger partial charge in [0.05, 0.1) is 35.9 Å². The number of hydrogen-bond acceptors (Lipinski definition) is 5. The maximum atomic E-state index is 16.8. The number of hydrogen-bond donors (Lipinski definition) is 0. The van der Waals surface area contributed by atoms with Gasteiger partial charge < -0.3 is 14.0 Å². The molecular formula is C46H50N6O2P2S. The van der Waals surface area contributed by atoms with Crippen LogP contribution >= 0.6 is 26.2 Å². The van der Waals surface area contributed by atoms with Crippen LogP contribution in [-0.4, -0.2) is 25.3 Å². The molecule has 8 rings (SSSR count). The van der Waals surface area contributed by atoms with E-state index in [1.807, 2.05) is 97.1 Å². The van der Waals surface area contributed by atoms with Gasteiger partial charge in [0.25, 0.3) is 14.9 Å². The third kappa shape index (κ3) is 7.43. The Bertz CT molecular complexity index is 2220. The van der Waals surface area contributed by atoms with E-state index in [9.17, 15) is 10.5 Å². The molecule has 2 aliphatic heterocycles. The summed E-state index contributed by atoms with van der Waals surface area (Å²) >= 11 is 1.61. The topological polar surface area (TPSA) is 94.7 Å². The Morgan fingerprint density at radius 1 is 0.561 bits per heavy atom. The van der Waals surface area contributed by atoms with E-state index in [1.54, 1.807) is 11.3 Å². The van der Waals surface area contributed by atoms with E-state index in [2.05, 4.69) is 67.2 Å². The van der Waals surface area contributed by atoms with Gasteiger partial charge in [-0.05, 0) is 92.3 Å². The summed E-state index contributed by atoms with van der Waals surface area (Å²) in [5, 5.41) is 20.9. The largest absolute Gasteiger partial charge is 0.306 e. The molecule has 3 fully saturated rings. The molecule has 5 aromatic rings. The highest BCUT2D eigenvalue weighted by molar-refractivity contribution is 7.68. The highest BCUT2D eigenvalue weighted by Gasteiger charge is 2.54. The quantitative estimate of drug-likeness (QED) is 0.122. The molecule has 3 aliphatic rings. The molecule has 0 amide bonds. The zero-order valence-corrected chi connectivity index (χ0v) is 34.9. The van der Waals surface area contributed by atoms with Crippen LogP contribution in [0, 0.1) is 28.6 Å². The molecule has 3 heterocycles. The lowest BCUT2D eigenvalue weighted by Gasteiger charge is -2.53. The molecule has 4 aromatic carbocycles. The molecule has 2 saturated heterocycles. The molecule has 1 saturated carbocycles. The number of rotatable bonds is 11. The molecular weight excluding hydrogens is 763 g/mol. The van der Waals surface area contributed by atoms with Crippen LogP contribution in [0.1, 0.15) is 79.2 Å². The predicted molar refractivity (Wildman–Crippen MR) is 235 cm³/mol. The summed E-state index contributed by atoms with van der Waals surface area (Å²) in [5.74, 6) is 0.170. The number of anilines is 4. The molecule has 11 heteroatoms. The van der Waals surface area contributed by atoms with Crippen LogP contribution in [0.3, 0.4) is 0 Å². The third-order valence-electron chi connectivity index (χ3n) is 12.1. The Morgan fingerprint density at radius 2 is 1.05 bits per heavy atom. The smallest absolute Gasteiger partial charge is 0.272 e. The summed E-state index contributed by atoms with van der Waals surface area (Å²) in [4.78, 5) is 1.93. The van der Waals surface area contributed by atoms with Gasteiger partial charge in [-0.2, -0.15) is 10.5 Å². The molecule has 0 N–H and O–H groups in total. The van der Waals surface area contributed by atoms with Gasteiger partial charge in [0.2, 0.25) is 0 Å². The van der Waals surface area contributed by atoms with Gasteiger partial charge in [0, 0.05) is 58.6 Å². The van der Waals surface area contributed by atoms with E-state index in [-0.39, 0.29) is 30.5 Å². The first kappa shape index (κ1) is 39.1. The SMILES string of the molecule is N#CCC(c1ccc(C2CCN(c3ccccc3)P(=O)(C(CC#N)C3CCCCC3)N2c2ccccc2)s1)P1(=O)N(c2ccccc2)CCCN1c1ccccc1. The van der Waals surface area contributed by atoms with Crippen molar-refractivity contribution in [2.45, 2.75) is 75.1 Å². The van der Waals surface area contributed by atoms with Crippen LogP contribution < -0.4 is 18.7 Å². The van der Waals surface area contributed by atoms with Crippen molar-refractivity contribution in [1.29, 1.82) is 10.5 Å². The minimum atomic E-state index is -3.53. The first-order valence-electron chi connectivity index (χ1n) is 20.4. The van der Waals surface area contributed by atoms with E-state index in [4.69, 9.17) is 0 Å². The highest BCUT2D eigenvalue weighted by atomic mass is 32.1. The molecule has 4 atom stereocenters. The van der Waals surface area contributed by atoms with Crippen molar-refractivity contribution < 1.29 is 9.13 Å². The summed E-state index contributed by atoms with van der Waals surface area (Å²) in [6, 6.07) is 49.1. The monoisotopic (exact) mass is 812 g/mol. The predicted octanol–water partition coefficient (Wildman–Crippen LogP) is 12.8. The summed E-state index contributed by atoms with van der Waals surface area (Å²) in [5.41, 5.74) is 2.64. The summed E-state index contributed by atoms with van der Waals surface area (Å²) in [6.07, 6.45) is 7.11. The van der Waals surface area contributed by atoms with Crippen LogP contribution in [-0.2, 0) is 9.13 Å². The van der Waals surface area contributed by atoms with Gasteiger partial charge in [-0.25, -0.2) is 0 Å². The van der Waals surface area contributed by atoms with Crippen molar-refractivity contribution in [3.05, 3.63) is 143 Å². The lowest BCUT2D eigenvalue weighted by atomic mass is 9.86. The van der Waals surface area contributed by atoms with Crippen LogP contribution in [0.2, 0.25) is 0 Å². The fraction of sp³-hybridized carbons (Fsp3) is 0.348. The molecule has 0 spiro atoms. The van der Waals surface area contributed by atoms with Gasteiger partial charge in [0.15, 0.2) is 0 Å². The molecule has 0 radical (unpaired) electrons. The second-order valence-corrected chi connectivity index (χ2v) is 22.0. The van der Waals surface area contributed by atoms with Crippen LogP contribution in [0.25, 0.3) is 0 Å². The second kappa shape index (κ2) is 17.4. The average Bonchev–Trinajstić information content (AvgIpc) is 3.76. The molecule has 1 aromatic heterocycles. The van der Waals surface area contributed by atoms with Gasteiger partial charge in [-0.15, -0.1) is 11.3 Å². The van der Waals surface area contributed by atoms with Crippen molar-refractivity contribution in [3.8, 4) is 12.1 Å². The fourth-order valence-electron chi connectivity index (χ4n) is 9.53. The van der Waals surface area contributed by atoms with Crippen molar-refractivity contribution >= 4 is 49.0 Å². The van der Waals surface area contributed by atoms with Crippen molar-refractivity contribution in [2.75, 3.05) is 38.3 Å². The average molecular weight is 813 g/mol. The minimum absolute atomic E-state index is 0.0865. The van der Waals surface area contributed by atoms with Crippen LogP contribution in [0.15, 0.2) is 133 Å². The van der Waals surface area contributed by atoms with E-state index < -0.39 is 20.5 Å². The summed E-state index contributed by atoms with van der Waals surface area (Å²) in [7, 11) is -7.04. The standard InChI is InChI=1S/C46H50N6O2P2S/c47-32-29-43(37-17-6-1-7-18-37)56(54)51(40-23-12-4-13-24-40)36-31-42(52(56)41-25-14-5-15-26-41)45-27-28-46(57-45)44(30-33-48)55(53)49(38-19-8-2-9-20-38)34-16-35-50(55)39-21-10-3-11-22-39/h2-5,8-15,19-28,37,42-44H,1,6-7,16-18,29-31,34-36H2. The molecule has 57 heavy (non-hydrogen) atoms. The van der Waals surface area contributed by atoms with Gasteiger partial charge in [0.1, 0.15) is 0 Å². The first-order chi connectivity index (χ1) is 28.0. The Labute approximate surface area is 341 Å². The summed E-state index contributed by atoms with van der Waals surface area (Å²) in [6.45, 7) is 1.81. The lowest BCUT2D eigenvalue weighted by Crippen LogP contribution is -2.47. The van der Waals surface area contributed by atoms with E-state index in [0.29, 0.717) is 26.1 Å². The number of nitrogens with zero attached hydrogens (tertiary/aromatic N) is 6. The zero-order valence-electron chi connectivity index (χ0n) is 32.3. The van der Waals surface area contributed by atoms with Crippen molar-refractivity contribution in [2.24, 2.45) is 5.92 Å². The van der Waals surface area contributed by atoms with Gasteiger partial charge >= 0.3 is 0 Å². The molecule has 0 bridgehead atoms. The number of nitriles is 2. The molecule has 1 aliphatic carbocycles. The summed E-state index contributed by atoms with van der Waals surface area (Å²) < 4.78 is 41.6. The molecule has 8 nitrogen and oxygen atoms in total. The lowest BCUT2D eigenvalue weighted by molar-refractivity contribution is 0.337. The first-order valence-corrected chi connectivity index (χ1v) is 24.5. The zero-order chi connectivity index (χ0) is 39.2. The van der Waals surface area contributed by atoms with Crippen LogP contribution in [0.4, 0.5) is 22.7 Å². The number of benzene rings is 4. The van der Waals surface area contributed by atoms with Crippen molar-refractivity contribution in [3.63, 3.8) is 0 Å². The highest BCUT2D eigenvalue weighted by Crippen LogP contribution is 2.72. The Hall–Kier alpha value is -4.78. The minimum Gasteiger partial charge on any atom is -0.306 e. The Morgan fingerprint density at radius 3 is 1.56 bits per heavy atom. The Kier molecular flexibility index (Phi) is 11.9. The van der Waals surface area contributed by atoms with E-state index in [1.165, 1.54) is 6.42 Å². The normalized spacial score (nSPS) is 22.3. The maximum Gasteiger partial charge on any atom is 0.272 e. The van der Waals surface area contributed by atoms with Crippen molar-refractivity contribution in [1.82, 2.24) is 0 Å². The molecule has 292 valence electrons. The second-order valence-electron chi connectivity index (χ2n) is 15.3. The number of thiophene rings is 1. The van der Waals surface area contributed by atoms with E-state index >= 15 is 9.13 Å². The molecule has 4 unspecified atom stereocenters. The van der Waals surface area contributed by atoms with Gasteiger partial charge in [-0.1, -0.05) is 92.1 Å². The van der Waals surface area contributed by atoms with Gasteiger partial charge in [-0.3, -0.25) is 13.8 Å². The number of para-hydroxylation sites is 4. The van der Waals surface area contributed by atoms with E-state index in [0.717, 1.165) is 64.6 Å². The van der Waals surface area contributed by atoms with Crippen LogP contribution in [0.5, 0.6) is 0 Å². The fourth-order valence-corrected chi connectivity index (χ4v) is 18.8. The maximum absolute atomic E-state index is 16.8. The third-order valence-corrected chi connectivity index (χ3v) is 20.8. The Balaban J connectivity index is 1.27.